The van der Waals surface area contributed by atoms with E-state index in [0.717, 1.165) is 0 Å². The predicted molar refractivity (Wildman–Crippen MR) is 88.6 cm³/mol. The van der Waals surface area contributed by atoms with Crippen LogP contribution in [0, 0.1) is 0 Å². The number of Topliss-reactive ketones (excluding diaryl/α,β-unsaturated/α-hetero) is 1. The van der Waals surface area contributed by atoms with Gasteiger partial charge >= 0.3 is 0 Å². The first-order chi connectivity index (χ1) is 8.77. The Balaban J connectivity index is 2.11. The maximum atomic E-state index is 12.6. The highest BCUT2D eigenvalue weighted by Gasteiger charge is 2.31. The summed E-state index contributed by atoms with van der Waals surface area (Å²) in [6.07, 6.45) is 7.98. The minimum atomic E-state index is -0.540. The number of rotatable bonds is 6. The highest BCUT2D eigenvalue weighted by Crippen LogP contribution is 2.45. The SMILES string of the molecule is O=C(C(CCl)[SH]1C=CC=C1)C(CCl)[SH]1C=CC=C1. The van der Waals surface area contributed by atoms with Crippen LogP contribution in [0.1, 0.15) is 0 Å². The number of ketones is 1. The Bertz CT molecular complexity index is 367. The van der Waals surface area contributed by atoms with E-state index in [4.69, 9.17) is 23.2 Å². The number of halogens is 2. The second kappa shape index (κ2) is 6.90. The lowest BCUT2D eigenvalue weighted by Crippen LogP contribution is -2.33. The second-order valence-corrected chi connectivity index (χ2v) is 8.85. The van der Waals surface area contributed by atoms with Crippen molar-refractivity contribution >= 4 is 50.8 Å². The van der Waals surface area contributed by atoms with Gasteiger partial charge in [-0.25, -0.2) is 21.8 Å². The molecule has 2 aliphatic heterocycles. The first kappa shape index (κ1) is 14.3. The van der Waals surface area contributed by atoms with Crippen LogP contribution < -0.4 is 0 Å². The summed E-state index contributed by atoms with van der Waals surface area (Å²) in [5.74, 6) is 0.983. The van der Waals surface area contributed by atoms with Gasteiger partial charge in [-0.05, 0) is 21.6 Å². The summed E-state index contributed by atoms with van der Waals surface area (Å²) in [4.78, 5) is 12.6. The fourth-order valence-electron chi connectivity index (χ4n) is 1.94. The third-order valence-corrected chi connectivity index (χ3v) is 8.35. The van der Waals surface area contributed by atoms with Crippen molar-refractivity contribution in [3.05, 3.63) is 45.9 Å². The molecule has 2 heterocycles. The van der Waals surface area contributed by atoms with Crippen LogP contribution >= 0.6 is 45.0 Å². The fraction of sp³-hybridized carbons (Fsp3) is 0.308. The van der Waals surface area contributed by atoms with Gasteiger partial charge < -0.3 is 0 Å². The fourth-order valence-corrected chi connectivity index (χ4v) is 6.81. The lowest BCUT2D eigenvalue weighted by atomic mass is 10.2. The lowest BCUT2D eigenvalue weighted by Gasteiger charge is -2.28. The zero-order valence-corrected chi connectivity index (χ0v) is 13.0. The number of thiol groups is 2. The molecule has 0 aromatic carbocycles. The smallest absolute Gasteiger partial charge is 0.158 e. The molecule has 2 rings (SSSR count). The van der Waals surface area contributed by atoms with Crippen LogP contribution in [0.2, 0.25) is 0 Å². The summed E-state index contributed by atoms with van der Waals surface area (Å²) in [5.41, 5.74) is 0. The van der Waals surface area contributed by atoms with Gasteiger partial charge in [0.05, 0.1) is 10.5 Å². The summed E-state index contributed by atoms with van der Waals surface area (Å²) < 4.78 is 0. The summed E-state index contributed by atoms with van der Waals surface area (Å²) in [6, 6.07) is 0. The molecule has 0 amide bonds. The van der Waals surface area contributed by atoms with Crippen molar-refractivity contribution in [1.82, 2.24) is 0 Å². The Morgan fingerprint density at radius 2 is 1.17 bits per heavy atom. The van der Waals surface area contributed by atoms with E-state index in [9.17, 15) is 4.79 Å². The normalized spacial score (nSPS) is 23.9. The van der Waals surface area contributed by atoms with E-state index in [1.54, 1.807) is 0 Å². The van der Waals surface area contributed by atoms with Crippen molar-refractivity contribution in [2.75, 3.05) is 11.8 Å². The van der Waals surface area contributed by atoms with Gasteiger partial charge in [0.15, 0.2) is 5.78 Å². The average molecular weight is 323 g/mol. The van der Waals surface area contributed by atoms with E-state index in [2.05, 4.69) is 21.6 Å². The zero-order chi connectivity index (χ0) is 13.0. The van der Waals surface area contributed by atoms with Crippen molar-refractivity contribution in [3.63, 3.8) is 0 Å². The van der Waals surface area contributed by atoms with Gasteiger partial charge in [-0.3, -0.25) is 4.79 Å². The van der Waals surface area contributed by atoms with Gasteiger partial charge in [0.1, 0.15) is 0 Å². The van der Waals surface area contributed by atoms with Crippen molar-refractivity contribution in [3.8, 4) is 0 Å². The van der Waals surface area contributed by atoms with Crippen molar-refractivity contribution in [1.29, 1.82) is 0 Å². The maximum Gasteiger partial charge on any atom is 0.158 e. The Hall–Kier alpha value is -0.0900. The number of hydrogen-bond acceptors (Lipinski definition) is 1. The van der Waals surface area contributed by atoms with E-state index < -0.39 is 21.8 Å². The second-order valence-electron chi connectivity index (χ2n) is 4.00. The van der Waals surface area contributed by atoms with Crippen LogP contribution in [-0.4, -0.2) is 28.0 Å². The molecule has 1 nitrogen and oxygen atoms in total. The lowest BCUT2D eigenvalue weighted by molar-refractivity contribution is -0.117. The number of alkyl halides is 2. The van der Waals surface area contributed by atoms with E-state index in [-0.39, 0.29) is 16.3 Å². The summed E-state index contributed by atoms with van der Waals surface area (Å²) in [6.45, 7) is 0. The monoisotopic (exact) mass is 322 g/mol. The molecule has 0 saturated carbocycles. The summed E-state index contributed by atoms with van der Waals surface area (Å²) >= 11 is 12.0. The van der Waals surface area contributed by atoms with Crippen LogP contribution in [-0.2, 0) is 4.79 Å². The van der Waals surface area contributed by atoms with Gasteiger partial charge in [0.2, 0.25) is 0 Å². The van der Waals surface area contributed by atoms with E-state index in [0.29, 0.717) is 11.8 Å². The number of carbonyl (C=O) groups is 1. The molecule has 100 valence electrons. The average Bonchev–Trinajstić information content (AvgIpc) is 3.03. The number of carbonyl (C=O) groups excluding carboxylic acids is 1. The van der Waals surface area contributed by atoms with E-state index >= 15 is 0 Å². The van der Waals surface area contributed by atoms with Gasteiger partial charge in [0.25, 0.3) is 0 Å². The van der Waals surface area contributed by atoms with Gasteiger partial charge in [-0.15, -0.1) is 23.2 Å². The molecule has 18 heavy (non-hydrogen) atoms. The molecule has 0 aromatic rings. The van der Waals surface area contributed by atoms with E-state index in [1.165, 1.54) is 0 Å². The molecule has 2 unspecified atom stereocenters. The Morgan fingerprint density at radius 1 is 0.833 bits per heavy atom. The van der Waals surface area contributed by atoms with Crippen molar-refractivity contribution in [2.45, 2.75) is 10.5 Å². The van der Waals surface area contributed by atoms with Crippen LogP contribution in [0.25, 0.3) is 0 Å². The molecule has 2 atom stereocenters. The topological polar surface area (TPSA) is 17.1 Å². The number of allylic oxidation sites excluding steroid dienone is 4. The molecule has 0 N–H and O–H groups in total. The maximum absolute atomic E-state index is 12.6. The van der Waals surface area contributed by atoms with Gasteiger partial charge in [0, 0.05) is 11.8 Å². The first-order valence-corrected chi connectivity index (χ1v) is 9.85. The minimum Gasteiger partial charge on any atom is -0.297 e. The summed E-state index contributed by atoms with van der Waals surface area (Å²) in [7, 11) is -1.08. The number of hydrogen-bond donors (Lipinski definition) is 2. The molecule has 0 radical (unpaired) electrons. The first-order valence-electron chi connectivity index (χ1n) is 5.68. The molecular formula is C13H16Cl2OS2. The van der Waals surface area contributed by atoms with E-state index in [1.807, 2.05) is 24.3 Å². The van der Waals surface area contributed by atoms with Crippen LogP contribution in [0.4, 0.5) is 0 Å². The zero-order valence-electron chi connectivity index (χ0n) is 9.75. The molecular weight excluding hydrogens is 307 g/mol. The molecule has 0 aliphatic carbocycles. The molecule has 2 aliphatic rings. The molecule has 0 saturated heterocycles. The van der Waals surface area contributed by atoms with Crippen LogP contribution in [0.3, 0.4) is 0 Å². The minimum absolute atomic E-state index is 0.0923. The third kappa shape index (κ3) is 3.08. The molecule has 5 heteroatoms. The summed E-state index contributed by atoms with van der Waals surface area (Å²) in [5, 5.41) is 8.20. The largest absolute Gasteiger partial charge is 0.297 e. The standard InChI is InChI=1S/C13H16Cl2OS2/c14-9-11(17-5-1-2-6-17)13(16)12(10-15)18-7-3-4-8-18/h1-8,11-12,17-18H,9-10H2. The quantitative estimate of drug-likeness (QED) is 0.561. The van der Waals surface area contributed by atoms with Crippen molar-refractivity contribution in [2.24, 2.45) is 0 Å². The highest BCUT2D eigenvalue weighted by molar-refractivity contribution is 8.24. The van der Waals surface area contributed by atoms with Crippen LogP contribution in [0.15, 0.2) is 45.9 Å². The Morgan fingerprint density at radius 3 is 1.44 bits per heavy atom. The molecule has 0 spiro atoms. The highest BCUT2D eigenvalue weighted by atomic mass is 35.5. The third-order valence-electron chi connectivity index (χ3n) is 2.92. The molecule has 0 bridgehead atoms. The van der Waals surface area contributed by atoms with Crippen molar-refractivity contribution < 1.29 is 4.79 Å². The van der Waals surface area contributed by atoms with Gasteiger partial charge in [-0.1, -0.05) is 24.3 Å². The molecule has 0 fully saturated rings. The Labute approximate surface area is 123 Å². The van der Waals surface area contributed by atoms with Crippen LogP contribution in [0.5, 0.6) is 0 Å². The molecule has 0 aromatic heterocycles. The predicted octanol–water partition coefficient (Wildman–Crippen LogP) is 3.85. The van der Waals surface area contributed by atoms with Gasteiger partial charge in [-0.2, -0.15) is 0 Å². The Kier molecular flexibility index (Phi) is 5.49.